The molecular formula is C17H32BrN3. The molecule has 0 aromatic carbocycles. The van der Waals surface area contributed by atoms with Crippen molar-refractivity contribution in [3.63, 3.8) is 0 Å². The maximum atomic E-state index is 4.55. The Bertz CT molecular complexity index is 439. The summed E-state index contributed by atoms with van der Waals surface area (Å²) in [7, 11) is 2.06. The van der Waals surface area contributed by atoms with Gasteiger partial charge in [0, 0.05) is 19.6 Å². The predicted molar refractivity (Wildman–Crippen MR) is 94.7 cm³/mol. The van der Waals surface area contributed by atoms with Crippen LogP contribution in [-0.2, 0) is 13.5 Å². The molecule has 21 heavy (non-hydrogen) atoms. The molecule has 4 heteroatoms. The summed E-state index contributed by atoms with van der Waals surface area (Å²) >= 11 is 3.73. The van der Waals surface area contributed by atoms with Crippen LogP contribution in [0.1, 0.15) is 64.8 Å². The Morgan fingerprint density at radius 3 is 2.43 bits per heavy atom. The average Bonchev–Trinajstić information content (AvgIpc) is 2.68. The van der Waals surface area contributed by atoms with E-state index in [1.165, 1.54) is 35.8 Å². The van der Waals surface area contributed by atoms with Crippen LogP contribution in [0.15, 0.2) is 4.47 Å². The minimum Gasteiger partial charge on any atom is -0.314 e. The largest absolute Gasteiger partial charge is 0.314 e. The summed E-state index contributed by atoms with van der Waals surface area (Å²) in [4.78, 5) is 0. The first-order valence-corrected chi connectivity index (χ1v) is 9.06. The van der Waals surface area contributed by atoms with E-state index in [-0.39, 0.29) is 0 Å². The second-order valence-electron chi connectivity index (χ2n) is 6.64. The number of nitrogens with one attached hydrogen (secondary N) is 1. The van der Waals surface area contributed by atoms with Crippen molar-refractivity contribution in [2.24, 2.45) is 12.5 Å². The number of aromatic nitrogens is 2. The van der Waals surface area contributed by atoms with Gasteiger partial charge in [-0.05, 0) is 47.5 Å². The van der Waals surface area contributed by atoms with Crippen molar-refractivity contribution in [1.29, 1.82) is 0 Å². The van der Waals surface area contributed by atoms with Gasteiger partial charge in [0.05, 0.1) is 15.9 Å². The Hall–Kier alpha value is -0.350. The highest BCUT2D eigenvalue weighted by Gasteiger charge is 2.30. The molecule has 0 aliphatic carbocycles. The molecule has 0 spiro atoms. The first-order chi connectivity index (χ1) is 9.85. The Morgan fingerprint density at radius 1 is 1.33 bits per heavy atom. The highest BCUT2D eigenvalue weighted by Crippen LogP contribution is 2.35. The molecule has 0 saturated heterocycles. The van der Waals surface area contributed by atoms with Gasteiger partial charge in [-0.25, -0.2) is 0 Å². The molecule has 0 bridgehead atoms. The van der Waals surface area contributed by atoms with Gasteiger partial charge in [0.2, 0.25) is 0 Å². The zero-order valence-corrected chi connectivity index (χ0v) is 16.2. The summed E-state index contributed by atoms with van der Waals surface area (Å²) in [5.74, 6) is 0. The van der Waals surface area contributed by atoms with Crippen LogP contribution in [-0.4, -0.2) is 22.4 Å². The van der Waals surface area contributed by atoms with E-state index in [0.29, 0.717) is 11.5 Å². The topological polar surface area (TPSA) is 29.9 Å². The Morgan fingerprint density at radius 2 is 2.00 bits per heavy atom. The molecule has 0 saturated carbocycles. The van der Waals surface area contributed by atoms with Gasteiger partial charge in [0.15, 0.2) is 0 Å². The standard InChI is InChI=1S/C17H32BrN3/c1-7-9-10-17(8-2,12-19-13(3)4)11-15-16(18)14(5)20-21(15)6/h13,19H,7-12H2,1-6H3. The minimum absolute atomic E-state index is 0.322. The Balaban J connectivity index is 2.98. The van der Waals surface area contributed by atoms with Crippen molar-refractivity contribution in [3.05, 3.63) is 15.9 Å². The van der Waals surface area contributed by atoms with E-state index < -0.39 is 0 Å². The lowest BCUT2D eigenvalue weighted by Gasteiger charge is -2.34. The molecule has 1 rings (SSSR count). The van der Waals surface area contributed by atoms with Gasteiger partial charge in [0.1, 0.15) is 0 Å². The highest BCUT2D eigenvalue weighted by atomic mass is 79.9. The Labute approximate surface area is 139 Å². The number of hydrogen-bond donors (Lipinski definition) is 1. The van der Waals surface area contributed by atoms with Gasteiger partial charge in [-0.3, -0.25) is 4.68 Å². The summed E-state index contributed by atoms with van der Waals surface area (Å²) in [6.45, 7) is 12.2. The number of unbranched alkanes of at least 4 members (excludes halogenated alkanes) is 1. The molecule has 0 fully saturated rings. The van der Waals surface area contributed by atoms with Gasteiger partial charge < -0.3 is 5.32 Å². The van der Waals surface area contributed by atoms with E-state index in [9.17, 15) is 0 Å². The quantitative estimate of drug-likeness (QED) is 0.698. The summed E-state index contributed by atoms with van der Waals surface area (Å²) in [5.41, 5.74) is 2.74. The van der Waals surface area contributed by atoms with Crippen LogP contribution in [0.3, 0.4) is 0 Å². The molecule has 1 N–H and O–H groups in total. The van der Waals surface area contributed by atoms with E-state index in [1.54, 1.807) is 0 Å². The van der Waals surface area contributed by atoms with E-state index in [4.69, 9.17) is 0 Å². The molecule has 0 aliphatic rings. The third kappa shape index (κ3) is 5.10. The van der Waals surface area contributed by atoms with Gasteiger partial charge in [-0.1, -0.05) is 40.5 Å². The zero-order chi connectivity index (χ0) is 16.0. The van der Waals surface area contributed by atoms with Crippen LogP contribution in [0.2, 0.25) is 0 Å². The van der Waals surface area contributed by atoms with Gasteiger partial charge in [0.25, 0.3) is 0 Å². The number of rotatable bonds is 9. The molecule has 1 unspecified atom stereocenters. The number of nitrogens with zero attached hydrogens (tertiary/aromatic N) is 2. The molecule has 0 radical (unpaired) electrons. The van der Waals surface area contributed by atoms with Crippen molar-refractivity contribution >= 4 is 15.9 Å². The smallest absolute Gasteiger partial charge is 0.0738 e. The first-order valence-electron chi connectivity index (χ1n) is 8.26. The van der Waals surface area contributed by atoms with E-state index in [1.807, 2.05) is 4.68 Å². The van der Waals surface area contributed by atoms with E-state index in [2.05, 4.69) is 68.0 Å². The molecule has 0 amide bonds. The van der Waals surface area contributed by atoms with Crippen LogP contribution in [0, 0.1) is 12.3 Å². The lowest BCUT2D eigenvalue weighted by molar-refractivity contribution is 0.218. The fourth-order valence-corrected chi connectivity index (χ4v) is 3.34. The first kappa shape index (κ1) is 18.7. The van der Waals surface area contributed by atoms with Gasteiger partial charge >= 0.3 is 0 Å². The summed E-state index contributed by atoms with van der Waals surface area (Å²) in [6, 6.07) is 0.536. The summed E-state index contributed by atoms with van der Waals surface area (Å²) in [6.07, 6.45) is 6.11. The van der Waals surface area contributed by atoms with Gasteiger partial charge in [-0.2, -0.15) is 5.10 Å². The zero-order valence-electron chi connectivity index (χ0n) is 14.6. The van der Waals surface area contributed by atoms with Gasteiger partial charge in [-0.15, -0.1) is 0 Å². The second kappa shape index (κ2) is 8.33. The van der Waals surface area contributed by atoms with E-state index >= 15 is 0 Å². The summed E-state index contributed by atoms with van der Waals surface area (Å²) < 4.78 is 3.23. The van der Waals surface area contributed by atoms with Crippen LogP contribution in [0.5, 0.6) is 0 Å². The molecule has 122 valence electrons. The fraction of sp³-hybridized carbons (Fsp3) is 0.824. The monoisotopic (exact) mass is 357 g/mol. The van der Waals surface area contributed by atoms with Crippen molar-refractivity contribution in [2.45, 2.75) is 72.8 Å². The number of aryl methyl sites for hydroxylation is 2. The number of halogens is 1. The minimum atomic E-state index is 0.322. The molecular weight excluding hydrogens is 326 g/mol. The molecule has 0 aliphatic heterocycles. The summed E-state index contributed by atoms with van der Waals surface area (Å²) in [5, 5.41) is 8.22. The third-order valence-corrected chi connectivity index (χ3v) is 5.53. The van der Waals surface area contributed by atoms with Crippen LogP contribution in [0.4, 0.5) is 0 Å². The maximum Gasteiger partial charge on any atom is 0.0738 e. The molecule has 1 atom stereocenters. The molecule has 1 heterocycles. The van der Waals surface area contributed by atoms with Crippen molar-refractivity contribution in [3.8, 4) is 0 Å². The second-order valence-corrected chi connectivity index (χ2v) is 7.43. The lowest BCUT2D eigenvalue weighted by atomic mass is 9.76. The lowest BCUT2D eigenvalue weighted by Crippen LogP contribution is -2.39. The molecule has 1 aromatic heterocycles. The highest BCUT2D eigenvalue weighted by molar-refractivity contribution is 9.10. The SMILES string of the molecule is CCCCC(CC)(CNC(C)C)Cc1c(Br)c(C)nn1C. The van der Waals surface area contributed by atoms with E-state index in [0.717, 1.165) is 18.7 Å². The third-order valence-electron chi connectivity index (χ3n) is 4.50. The van der Waals surface area contributed by atoms with Crippen LogP contribution in [0.25, 0.3) is 0 Å². The van der Waals surface area contributed by atoms with Crippen molar-refractivity contribution in [2.75, 3.05) is 6.54 Å². The fourth-order valence-electron chi connectivity index (χ4n) is 2.87. The number of hydrogen-bond acceptors (Lipinski definition) is 2. The predicted octanol–water partition coefficient (Wildman–Crippen LogP) is 4.62. The van der Waals surface area contributed by atoms with Crippen molar-refractivity contribution < 1.29 is 0 Å². The molecule has 1 aromatic rings. The normalized spacial score (nSPS) is 14.7. The maximum absolute atomic E-state index is 4.55. The van der Waals surface area contributed by atoms with Crippen molar-refractivity contribution in [1.82, 2.24) is 15.1 Å². The van der Waals surface area contributed by atoms with Crippen LogP contribution < -0.4 is 5.32 Å². The van der Waals surface area contributed by atoms with Crippen LogP contribution >= 0.6 is 15.9 Å². The molecule has 3 nitrogen and oxygen atoms in total. The Kier molecular flexibility index (Phi) is 7.41. The average molecular weight is 358 g/mol.